The Morgan fingerprint density at radius 1 is 1.00 bits per heavy atom. The predicted octanol–water partition coefficient (Wildman–Crippen LogP) is 1.75. The van der Waals surface area contributed by atoms with Crippen LogP contribution in [0.4, 0.5) is 0 Å². The van der Waals surface area contributed by atoms with Crippen molar-refractivity contribution < 1.29 is 9.59 Å². The minimum Gasteiger partial charge on any atom is -0.339 e. The Bertz CT molecular complexity index is 389. The molecule has 0 aromatic rings. The lowest BCUT2D eigenvalue weighted by Gasteiger charge is -2.37. The van der Waals surface area contributed by atoms with Crippen molar-refractivity contribution in [1.29, 1.82) is 0 Å². The standard InChI is InChI=1S/C17H31N3O2/c1-17(2,18)16(22)20-12-10-19(11-13-20)15(21)9-8-14-6-4-3-5-7-14/h14H,3-13,18H2,1-2H3. The molecule has 2 aliphatic rings. The Morgan fingerprint density at radius 3 is 2.09 bits per heavy atom. The molecule has 1 aliphatic heterocycles. The lowest BCUT2D eigenvalue weighted by atomic mass is 9.86. The highest BCUT2D eigenvalue weighted by atomic mass is 16.2. The second-order valence-corrected chi connectivity index (χ2v) is 7.44. The second kappa shape index (κ2) is 7.44. The minimum atomic E-state index is -0.826. The number of piperazine rings is 1. The molecule has 0 spiro atoms. The molecule has 2 amide bonds. The quantitative estimate of drug-likeness (QED) is 0.860. The Labute approximate surface area is 134 Å². The molecule has 1 saturated carbocycles. The van der Waals surface area contributed by atoms with Gasteiger partial charge in [0.15, 0.2) is 0 Å². The van der Waals surface area contributed by atoms with Crippen molar-refractivity contribution in [3.8, 4) is 0 Å². The molecule has 1 heterocycles. The zero-order valence-electron chi connectivity index (χ0n) is 14.1. The van der Waals surface area contributed by atoms with Crippen LogP contribution in [0, 0.1) is 5.92 Å². The van der Waals surface area contributed by atoms with E-state index in [0.29, 0.717) is 32.6 Å². The maximum Gasteiger partial charge on any atom is 0.242 e. The Kier molecular flexibility index (Phi) is 5.84. The summed E-state index contributed by atoms with van der Waals surface area (Å²) in [6.45, 7) is 5.97. The summed E-state index contributed by atoms with van der Waals surface area (Å²) in [6, 6.07) is 0. The van der Waals surface area contributed by atoms with Gasteiger partial charge >= 0.3 is 0 Å². The average molecular weight is 309 g/mol. The molecule has 1 saturated heterocycles. The summed E-state index contributed by atoms with van der Waals surface area (Å²) in [6.07, 6.45) is 8.30. The summed E-state index contributed by atoms with van der Waals surface area (Å²) in [5.74, 6) is 0.977. The highest BCUT2D eigenvalue weighted by Crippen LogP contribution is 2.27. The number of hydrogen-bond donors (Lipinski definition) is 1. The fourth-order valence-electron chi connectivity index (χ4n) is 3.53. The van der Waals surface area contributed by atoms with E-state index in [9.17, 15) is 9.59 Å². The van der Waals surface area contributed by atoms with E-state index in [4.69, 9.17) is 5.73 Å². The lowest BCUT2D eigenvalue weighted by Crippen LogP contribution is -2.57. The van der Waals surface area contributed by atoms with Crippen molar-refractivity contribution in [3.63, 3.8) is 0 Å². The number of carbonyl (C=O) groups is 2. The predicted molar refractivity (Wildman–Crippen MR) is 87.2 cm³/mol. The summed E-state index contributed by atoms with van der Waals surface area (Å²) in [5, 5.41) is 0. The van der Waals surface area contributed by atoms with Crippen LogP contribution in [0.25, 0.3) is 0 Å². The Balaban J connectivity index is 1.71. The van der Waals surface area contributed by atoms with Crippen LogP contribution in [0.15, 0.2) is 0 Å². The van der Waals surface area contributed by atoms with Gasteiger partial charge in [0.05, 0.1) is 5.54 Å². The van der Waals surface area contributed by atoms with E-state index in [1.165, 1.54) is 32.1 Å². The number of nitrogens with zero attached hydrogens (tertiary/aromatic N) is 2. The van der Waals surface area contributed by atoms with E-state index in [1.54, 1.807) is 18.7 Å². The number of carbonyl (C=O) groups excluding carboxylic acids is 2. The molecule has 126 valence electrons. The van der Waals surface area contributed by atoms with Gasteiger partial charge in [-0.15, -0.1) is 0 Å². The molecule has 2 N–H and O–H groups in total. The highest BCUT2D eigenvalue weighted by Gasteiger charge is 2.31. The SMILES string of the molecule is CC(C)(N)C(=O)N1CCN(C(=O)CCC2CCCCC2)CC1. The van der Waals surface area contributed by atoms with Crippen molar-refractivity contribution >= 4 is 11.8 Å². The van der Waals surface area contributed by atoms with Gasteiger partial charge in [-0.3, -0.25) is 9.59 Å². The molecule has 5 nitrogen and oxygen atoms in total. The van der Waals surface area contributed by atoms with E-state index in [1.807, 2.05) is 4.90 Å². The Morgan fingerprint density at radius 2 is 1.55 bits per heavy atom. The first-order chi connectivity index (χ1) is 10.4. The van der Waals surface area contributed by atoms with Crippen LogP contribution in [0.5, 0.6) is 0 Å². The molecule has 5 heteroatoms. The molecule has 2 rings (SSSR count). The maximum absolute atomic E-state index is 12.3. The third-order valence-corrected chi connectivity index (χ3v) is 4.96. The molecular formula is C17H31N3O2. The number of amides is 2. The second-order valence-electron chi connectivity index (χ2n) is 7.44. The molecule has 1 aliphatic carbocycles. The van der Waals surface area contributed by atoms with Gasteiger partial charge in [0.1, 0.15) is 0 Å². The summed E-state index contributed by atoms with van der Waals surface area (Å²) in [5.41, 5.74) is 5.04. The van der Waals surface area contributed by atoms with Crippen molar-refractivity contribution in [2.75, 3.05) is 26.2 Å². The van der Waals surface area contributed by atoms with Crippen LogP contribution >= 0.6 is 0 Å². The summed E-state index contributed by atoms with van der Waals surface area (Å²) < 4.78 is 0. The van der Waals surface area contributed by atoms with E-state index >= 15 is 0 Å². The van der Waals surface area contributed by atoms with E-state index < -0.39 is 5.54 Å². The molecule has 0 unspecified atom stereocenters. The van der Waals surface area contributed by atoms with Crippen LogP contribution in [0.1, 0.15) is 58.8 Å². The third kappa shape index (κ3) is 4.70. The van der Waals surface area contributed by atoms with Crippen molar-refractivity contribution in [3.05, 3.63) is 0 Å². The molecule has 2 fully saturated rings. The molecule has 0 bridgehead atoms. The van der Waals surface area contributed by atoms with Gasteiger partial charge in [0.2, 0.25) is 11.8 Å². The smallest absolute Gasteiger partial charge is 0.242 e. The summed E-state index contributed by atoms with van der Waals surface area (Å²) in [4.78, 5) is 28.1. The average Bonchev–Trinajstić information content (AvgIpc) is 2.52. The van der Waals surface area contributed by atoms with Gasteiger partial charge < -0.3 is 15.5 Å². The van der Waals surface area contributed by atoms with Gasteiger partial charge in [0, 0.05) is 32.6 Å². The largest absolute Gasteiger partial charge is 0.339 e. The molecule has 0 radical (unpaired) electrons. The monoisotopic (exact) mass is 309 g/mol. The third-order valence-electron chi connectivity index (χ3n) is 4.96. The zero-order valence-corrected chi connectivity index (χ0v) is 14.1. The van der Waals surface area contributed by atoms with Crippen molar-refractivity contribution in [1.82, 2.24) is 9.80 Å². The molecular weight excluding hydrogens is 278 g/mol. The van der Waals surface area contributed by atoms with Gasteiger partial charge in [-0.2, -0.15) is 0 Å². The van der Waals surface area contributed by atoms with Crippen LogP contribution in [-0.4, -0.2) is 53.3 Å². The van der Waals surface area contributed by atoms with Crippen LogP contribution in [0.3, 0.4) is 0 Å². The number of nitrogens with two attached hydrogens (primary N) is 1. The van der Waals surface area contributed by atoms with E-state index in [0.717, 1.165) is 12.3 Å². The fourth-order valence-corrected chi connectivity index (χ4v) is 3.53. The molecule has 0 aromatic carbocycles. The van der Waals surface area contributed by atoms with Crippen molar-refractivity contribution in [2.24, 2.45) is 11.7 Å². The van der Waals surface area contributed by atoms with Gasteiger partial charge in [-0.05, 0) is 26.2 Å². The van der Waals surface area contributed by atoms with Crippen molar-refractivity contribution in [2.45, 2.75) is 64.3 Å². The van der Waals surface area contributed by atoms with Gasteiger partial charge in [-0.1, -0.05) is 32.1 Å². The summed E-state index contributed by atoms with van der Waals surface area (Å²) in [7, 11) is 0. The van der Waals surface area contributed by atoms with Crippen LogP contribution in [-0.2, 0) is 9.59 Å². The van der Waals surface area contributed by atoms with Gasteiger partial charge in [-0.25, -0.2) is 0 Å². The van der Waals surface area contributed by atoms with E-state index in [-0.39, 0.29) is 11.8 Å². The normalized spacial score (nSPS) is 21.0. The first-order valence-corrected chi connectivity index (χ1v) is 8.74. The molecule has 0 aromatic heterocycles. The van der Waals surface area contributed by atoms with Crippen LogP contribution < -0.4 is 5.73 Å². The van der Waals surface area contributed by atoms with E-state index in [2.05, 4.69) is 0 Å². The highest BCUT2D eigenvalue weighted by molar-refractivity contribution is 5.85. The Hall–Kier alpha value is -1.10. The zero-order chi connectivity index (χ0) is 16.2. The lowest BCUT2D eigenvalue weighted by molar-refractivity contribution is -0.142. The molecule has 22 heavy (non-hydrogen) atoms. The fraction of sp³-hybridized carbons (Fsp3) is 0.882. The van der Waals surface area contributed by atoms with Gasteiger partial charge in [0.25, 0.3) is 0 Å². The first kappa shape index (κ1) is 17.3. The number of rotatable bonds is 4. The summed E-state index contributed by atoms with van der Waals surface area (Å²) >= 11 is 0. The minimum absolute atomic E-state index is 0.0261. The maximum atomic E-state index is 12.3. The topological polar surface area (TPSA) is 66.6 Å². The number of hydrogen-bond acceptors (Lipinski definition) is 3. The molecule has 0 atom stereocenters. The van der Waals surface area contributed by atoms with Crippen LogP contribution in [0.2, 0.25) is 0 Å². The first-order valence-electron chi connectivity index (χ1n) is 8.74.